The quantitative estimate of drug-likeness (QED) is 0.789. The first kappa shape index (κ1) is 15.8. The van der Waals surface area contributed by atoms with E-state index in [0.29, 0.717) is 10.9 Å². The number of ether oxygens (including phenoxy) is 1. The lowest BCUT2D eigenvalue weighted by atomic mass is 10.1. The van der Waals surface area contributed by atoms with Crippen LogP contribution in [0.3, 0.4) is 0 Å². The maximum absolute atomic E-state index is 6.18. The number of aryl methyl sites for hydroxylation is 1. The predicted octanol–water partition coefficient (Wildman–Crippen LogP) is 4.64. The van der Waals surface area contributed by atoms with Gasteiger partial charge in [-0.1, -0.05) is 30.7 Å². The summed E-state index contributed by atoms with van der Waals surface area (Å²) in [7, 11) is 0. The maximum atomic E-state index is 6.18. The minimum absolute atomic E-state index is 0.571. The van der Waals surface area contributed by atoms with Crippen LogP contribution >= 0.6 is 11.6 Å². The van der Waals surface area contributed by atoms with Gasteiger partial charge in [0, 0.05) is 18.8 Å². The van der Waals surface area contributed by atoms with E-state index >= 15 is 0 Å². The number of rotatable bonds is 6. The van der Waals surface area contributed by atoms with E-state index < -0.39 is 0 Å². The van der Waals surface area contributed by atoms with E-state index in [2.05, 4.69) is 30.2 Å². The Morgan fingerprint density at radius 2 is 2.10 bits per heavy atom. The summed E-state index contributed by atoms with van der Waals surface area (Å²) >= 11 is 6.18. The lowest BCUT2D eigenvalue weighted by molar-refractivity contribution is 0.458. The standard InChI is InChI=1S/C17H21ClN2O/c1-4-8-19-10-14-9-17(20-11-15(14)18)21-16-7-5-6-12(2)13(16)3/h5-7,9,11,19H,4,8,10H2,1-3H3. The molecule has 0 saturated heterocycles. The summed E-state index contributed by atoms with van der Waals surface area (Å²) < 4.78 is 5.89. The van der Waals surface area contributed by atoms with Gasteiger partial charge >= 0.3 is 0 Å². The third kappa shape index (κ3) is 4.19. The van der Waals surface area contributed by atoms with Crippen LogP contribution in [0, 0.1) is 13.8 Å². The number of benzene rings is 1. The molecule has 1 heterocycles. The van der Waals surface area contributed by atoms with Crippen LogP contribution < -0.4 is 10.1 Å². The molecular formula is C17H21ClN2O. The van der Waals surface area contributed by atoms with Crippen LogP contribution in [0.25, 0.3) is 0 Å². The van der Waals surface area contributed by atoms with Crippen molar-refractivity contribution in [3.63, 3.8) is 0 Å². The third-order valence-corrected chi connectivity index (χ3v) is 3.76. The predicted molar refractivity (Wildman–Crippen MR) is 87.2 cm³/mol. The molecule has 0 aliphatic heterocycles. The van der Waals surface area contributed by atoms with Crippen LogP contribution in [0.1, 0.15) is 30.0 Å². The van der Waals surface area contributed by atoms with E-state index in [1.807, 2.05) is 25.1 Å². The van der Waals surface area contributed by atoms with Gasteiger partial charge in [0.2, 0.25) is 5.88 Å². The lowest BCUT2D eigenvalue weighted by Gasteiger charge is -2.11. The molecular weight excluding hydrogens is 284 g/mol. The molecule has 0 fully saturated rings. The van der Waals surface area contributed by atoms with Gasteiger partial charge in [0.1, 0.15) is 5.75 Å². The Bertz CT molecular complexity index is 614. The fourth-order valence-corrected chi connectivity index (χ4v) is 2.17. The summed E-state index contributed by atoms with van der Waals surface area (Å²) in [6.07, 6.45) is 2.74. The van der Waals surface area contributed by atoms with E-state index in [4.69, 9.17) is 16.3 Å². The van der Waals surface area contributed by atoms with Crippen molar-refractivity contribution in [3.05, 3.63) is 52.2 Å². The molecule has 2 aromatic rings. The highest BCUT2D eigenvalue weighted by Gasteiger charge is 2.07. The summed E-state index contributed by atoms with van der Waals surface area (Å²) in [5.41, 5.74) is 3.33. The minimum Gasteiger partial charge on any atom is -0.439 e. The molecule has 0 amide bonds. The van der Waals surface area contributed by atoms with Gasteiger partial charge in [-0.15, -0.1) is 0 Å². The molecule has 0 radical (unpaired) electrons. The van der Waals surface area contributed by atoms with Crippen LogP contribution in [0.15, 0.2) is 30.5 Å². The zero-order valence-electron chi connectivity index (χ0n) is 12.7. The van der Waals surface area contributed by atoms with Crippen molar-refractivity contribution >= 4 is 11.6 Å². The Hall–Kier alpha value is -1.58. The molecule has 0 aliphatic rings. The second-order valence-electron chi connectivity index (χ2n) is 5.09. The average Bonchev–Trinajstić information content (AvgIpc) is 2.47. The lowest BCUT2D eigenvalue weighted by Crippen LogP contribution is -2.14. The third-order valence-electron chi connectivity index (χ3n) is 3.42. The van der Waals surface area contributed by atoms with Gasteiger partial charge in [0.15, 0.2) is 0 Å². The molecule has 0 atom stereocenters. The number of hydrogen-bond acceptors (Lipinski definition) is 3. The number of nitrogens with one attached hydrogen (secondary N) is 1. The summed E-state index contributed by atoms with van der Waals surface area (Å²) in [5, 5.41) is 4.00. The maximum Gasteiger partial charge on any atom is 0.219 e. The minimum atomic E-state index is 0.571. The second-order valence-corrected chi connectivity index (χ2v) is 5.50. The van der Waals surface area contributed by atoms with Crippen molar-refractivity contribution in [2.45, 2.75) is 33.7 Å². The molecule has 1 aromatic heterocycles. The average molecular weight is 305 g/mol. The van der Waals surface area contributed by atoms with E-state index in [1.165, 1.54) is 5.56 Å². The summed E-state index contributed by atoms with van der Waals surface area (Å²) in [6, 6.07) is 7.90. The van der Waals surface area contributed by atoms with Crippen molar-refractivity contribution < 1.29 is 4.74 Å². The first-order chi connectivity index (χ1) is 10.1. The summed E-state index contributed by atoms with van der Waals surface area (Å²) in [5.74, 6) is 1.40. The summed E-state index contributed by atoms with van der Waals surface area (Å²) in [4.78, 5) is 4.25. The second kappa shape index (κ2) is 7.43. The van der Waals surface area contributed by atoms with Crippen LogP contribution in [-0.4, -0.2) is 11.5 Å². The van der Waals surface area contributed by atoms with Crippen molar-refractivity contribution in [1.82, 2.24) is 10.3 Å². The SMILES string of the molecule is CCCNCc1cc(Oc2cccc(C)c2C)ncc1Cl. The molecule has 0 aliphatic carbocycles. The van der Waals surface area contributed by atoms with Crippen LogP contribution in [0.4, 0.5) is 0 Å². The van der Waals surface area contributed by atoms with Crippen molar-refractivity contribution in [2.75, 3.05) is 6.54 Å². The van der Waals surface area contributed by atoms with Crippen LogP contribution in [0.2, 0.25) is 5.02 Å². The topological polar surface area (TPSA) is 34.1 Å². The molecule has 0 spiro atoms. The Morgan fingerprint density at radius 1 is 1.29 bits per heavy atom. The fourth-order valence-electron chi connectivity index (χ4n) is 2.00. The van der Waals surface area contributed by atoms with Gasteiger partial charge in [0.05, 0.1) is 5.02 Å². The van der Waals surface area contributed by atoms with Crippen LogP contribution in [0.5, 0.6) is 11.6 Å². The Morgan fingerprint density at radius 3 is 2.86 bits per heavy atom. The van der Waals surface area contributed by atoms with Gasteiger partial charge in [-0.3, -0.25) is 0 Å². The number of halogens is 1. The molecule has 3 nitrogen and oxygen atoms in total. The van der Waals surface area contributed by atoms with Crippen molar-refractivity contribution in [1.29, 1.82) is 0 Å². The Labute approximate surface area is 131 Å². The summed E-state index contributed by atoms with van der Waals surface area (Å²) in [6.45, 7) is 7.93. The highest BCUT2D eigenvalue weighted by molar-refractivity contribution is 6.31. The molecule has 1 aromatic carbocycles. The monoisotopic (exact) mass is 304 g/mol. The highest BCUT2D eigenvalue weighted by atomic mass is 35.5. The molecule has 2 rings (SSSR count). The van der Waals surface area contributed by atoms with E-state index in [9.17, 15) is 0 Å². The fraction of sp³-hybridized carbons (Fsp3) is 0.353. The zero-order chi connectivity index (χ0) is 15.2. The van der Waals surface area contributed by atoms with Gasteiger partial charge in [0.25, 0.3) is 0 Å². The molecule has 0 saturated carbocycles. The first-order valence-corrected chi connectivity index (χ1v) is 7.58. The number of aromatic nitrogens is 1. The van der Waals surface area contributed by atoms with E-state index in [0.717, 1.165) is 36.4 Å². The van der Waals surface area contributed by atoms with E-state index in [1.54, 1.807) is 6.20 Å². The van der Waals surface area contributed by atoms with E-state index in [-0.39, 0.29) is 0 Å². The molecule has 0 unspecified atom stereocenters. The Kier molecular flexibility index (Phi) is 5.59. The van der Waals surface area contributed by atoms with Crippen molar-refractivity contribution in [3.8, 4) is 11.6 Å². The molecule has 0 bridgehead atoms. The van der Waals surface area contributed by atoms with Crippen LogP contribution in [-0.2, 0) is 6.54 Å². The first-order valence-electron chi connectivity index (χ1n) is 7.21. The highest BCUT2D eigenvalue weighted by Crippen LogP contribution is 2.27. The van der Waals surface area contributed by atoms with Gasteiger partial charge in [-0.25, -0.2) is 4.98 Å². The number of nitrogens with zero attached hydrogens (tertiary/aromatic N) is 1. The van der Waals surface area contributed by atoms with Gasteiger partial charge in [-0.05, 0) is 49.6 Å². The Balaban J connectivity index is 2.17. The van der Waals surface area contributed by atoms with Gasteiger partial charge in [-0.2, -0.15) is 0 Å². The molecule has 21 heavy (non-hydrogen) atoms. The largest absolute Gasteiger partial charge is 0.439 e. The molecule has 4 heteroatoms. The number of hydrogen-bond donors (Lipinski definition) is 1. The molecule has 112 valence electrons. The normalized spacial score (nSPS) is 10.7. The van der Waals surface area contributed by atoms with Crippen molar-refractivity contribution in [2.24, 2.45) is 0 Å². The van der Waals surface area contributed by atoms with Gasteiger partial charge < -0.3 is 10.1 Å². The molecule has 1 N–H and O–H groups in total. The smallest absolute Gasteiger partial charge is 0.219 e. The zero-order valence-corrected chi connectivity index (χ0v) is 13.5. The number of pyridine rings is 1.